The van der Waals surface area contributed by atoms with Crippen LogP contribution in [0.25, 0.3) is 21.3 Å². The van der Waals surface area contributed by atoms with Gasteiger partial charge < -0.3 is 10.1 Å². The van der Waals surface area contributed by atoms with E-state index in [9.17, 15) is 9.59 Å². The number of amides is 1. The number of fused-ring (bicyclic) bond motifs is 3. The molecule has 1 aliphatic carbocycles. The maximum atomic E-state index is 12.8. The van der Waals surface area contributed by atoms with Gasteiger partial charge in [0.1, 0.15) is 26.7 Å². The van der Waals surface area contributed by atoms with Crippen LogP contribution in [-0.2, 0) is 22.4 Å². The number of ether oxygens (including phenoxy) is 1. The van der Waals surface area contributed by atoms with E-state index in [1.807, 2.05) is 35.7 Å². The quantitative estimate of drug-likeness (QED) is 0.206. The molecule has 33 heavy (non-hydrogen) atoms. The number of hydrogen-bond acceptors (Lipinski definition) is 8. The lowest BCUT2D eigenvalue weighted by Crippen LogP contribution is -2.16. The highest BCUT2D eigenvalue weighted by molar-refractivity contribution is 8.00. The van der Waals surface area contributed by atoms with E-state index < -0.39 is 5.97 Å². The molecule has 1 amide bonds. The number of nitrogens with zero attached hydrogens (tertiary/aromatic N) is 2. The van der Waals surface area contributed by atoms with Gasteiger partial charge >= 0.3 is 5.97 Å². The molecule has 168 valence electrons. The van der Waals surface area contributed by atoms with Gasteiger partial charge in [0.25, 0.3) is 0 Å². The number of thioether (sulfide) groups is 1. The molecular weight excluding hydrogens is 474 g/mol. The van der Waals surface area contributed by atoms with E-state index in [4.69, 9.17) is 4.74 Å². The maximum Gasteiger partial charge on any atom is 0.341 e. The molecule has 0 fully saturated rings. The molecule has 0 atom stereocenters. The van der Waals surface area contributed by atoms with E-state index in [1.165, 1.54) is 53.5 Å². The zero-order valence-electron chi connectivity index (χ0n) is 17.9. The van der Waals surface area contributed by atoms with Crippen molar-refractivity contribution in [3.8, 4) is 11.1 Å². The average molecular weight is 496 g/mol. The first-order valence-electron chi connectivity index (χ1n) is 10.6. The highest BCUT2D eigenvalue weighted by Crippen LogP contribution is 2.40. The Morgan fingerprint density at radius 2 is 1.97 bits per heavy atom. The van der Waals surface area contributed by atoms with Gasteiger partial charge in [0.15, 0.2) is 0 Å². The van der Waals surface area contributed by atoms with Crippen molar-refractivity contribution in [1.29, 1.82) is 0 Å². The van der Waals surface area contributed by atoms with Gasteiger partial charge in [-0.2, -0.15) is 0 Å². The van der Waals surface area contributed by atoms with Gasteiger partial charge in [-0.1, -0.05) is 42.1 Å². The van der Waals surface area contributed by atoms with E-state index in [0.717, 1.165) is 39.2 Å². The Labute approximate surface area is 203 Å². The summed E-state index contributed by atoms with van der Waals surface area (Å²) in [5.74, 6) is -0.474. The van der Waals surface area contributed by atoms with Crippen LogP contribution in [0.1, 0.15) is 33.6 Å². The van der Waals surface area contributed by atoms with Crippen molar-refractivity contribution in [2.24, 2.45) is 0 Å². The largest absolute Gasteiger partial charge is 0.465 e. The second-order valence-electron chi connectivity index (χ2n) is 7.62. The van der Waals surface area contributed by atoms with Gasteiger partial charge in [-0.3, -0.25) is 4.79 Å². The van der Waals surface area contributed by atoms with E-state index >= 15 is 0 Å². The molecule has 0 spiro atoms. The van der Waals surface area contributed by atoms with Crippen molar-refractivity contribution < 1.29 is 14.3 Å². The van der Waals surface area contributed by atoms with E-state index in [0.29, 0.717) is 10.6 Å². The summed E-state index contributed by atoms with van der Waals surface area (Å²) in [6.45, 7) is 0. The number of methoxy groups -OCH3 is 1. The number of anilines is 1. The Hall–Kier alpha value is -2.75. The Kier molecular flexibility index (Phi) is 6.43. The Morgan fingerprint density at radius 3 is 2.79 bits per heavy atom. The minimum Gasteiger partial charge on any atom is -0.465 e. The van der Waals surface area contributed by atoms with Gasteiger partial charge in [0.2, 0.25) is 5.91 Å². The minimum absolute atomic E-state index is 0.190. The monoisotopic (exact) mass is 495 g/mol. The van der Waals surface area contributed by atoms with Crippen LogP contribution >= 0.6 is 34.4 Å². The summed E-state index contributed by atoms with van der Waals surface area (Å²) in [4.78, 5) is 36.7. The van der Waals surface area contributed by atoms with E-state index in [2.05, 4.69) is 15.3 Å². The number of thiophene rings is 2. The van der Waals surface area contributed by atoms with Crippen LogP contribution in [0, 0.1) is 0 Å². The Bertz CT molecular complexity index is 1330. The van der Waals surface area contributed by atoms with Crippen molar-refractivity contribution in [1.82, 2.24) is 9.97 Å². The number of rotatable bonds is 6. The molecule has 9 heteroatoms. The summed E-state index contributed by atoms with van der Waals surface area (Å²) in [6.07, 6.45) is 6.11. The van der Waals surface area contributed by atoms with Crippen LogP contribution in [0.4, 0.5) is 5.00 Å². The third kappa shape index (κ3) is 4.40. The number of benzene rings is 1. The molecule has 5 rings (SSSR count). The Balaban J connectivity index is 1.36. The molecule has 6 nitrogen and oxygen atoms in total. The fourth-order valence-electron chi connectivity index (χ4n) is 4.05. The second kappa shape index (κ2) is 9.62. The van der Waals surface area contributed by atoms with Gasteiger partial charge in [-0.25, -0.2) is 14.8 Å². The fourth-order valence-corrected chi connectivity index (χ4v) is 7.14. The zero-order chi connectivity index (χ0) is 22.8. The second-order valence-corrected chi connectivity index (χ2v) is 10.5. The molecule has 0 radical (unpaired) electrons. The molecule has 1 N–H and O–H groups in total. The zero-order valence-corrected chi connectivity index (χ0v) is 20.4. The molecular formula is C24H21N3O3S3. The lowest BCUT2D eigenvalue weighted by Gasteiger charge is -2.11. The van der Waals surface area contributed by atoms with Crippen LogP contribution in [0.15, 0.2) is 47.1 Å². The molecule has 0 saturated carbocycles. The topological polar surface area (TPSA) is 81.2 Å². The highest BCUT2D eigenvalue weighted by atomic mass is 32.2. The fraction of sp³-hybridized carbons (Fsp3) is 0.250. The molecule has 4 aromatic rings. The van der Waals surface area contributed by atoms with Crippen molar-refractivity contribution in [2.75, 3.05) is 18.2 Å². The first-order valence-corrected chi connectivity index (χ1v) is 13.3. The molecule has 0 aliphatic heterocycles. The summed E-state index contributed by atoms with van der Waals surface area (Å²) in [5.41, 5.74) is 3.37. The standard InChI is InChI=1S/C24H21N3O3S3/c1-30-24(29)20-16(14-7-3-2-4-8-14)11-31-23(20)27-18(28)12-32-21-19-15-9-5-6-10-17(15)33-22(19)26-13-25-21/h2-4,7-8,11,13H,5-6,9-10,12H2,1H3,(H,27,28). The average Bonchev–Trinajstić information content (AvgIpc) is 3.44. The molecule has 1 aromatic carbocycles. The van der Waals surface area contributed by atoms with Crippen molar-refractivity contribution >= 4 is 61.5 Å². The van der Waals surface area contributed by atoms with Crippen molar-refractivity contribution in [2.45, 2.75) is 30.7 Å². The summed E-state index contributed by atoms with van der Waals surface area (Å²) < 4.78 is 5.00. The Morgan fingerprint density at radius 1 is 1.15 bits per heavy atom. The smallest absolute Gasteiger partial charge is 0.341 e. The highest BCUT2D eigenvalue weighted by Gasteiger charge is 2.23. The van der Waals surface area contributed by atoms with Gasteiger partial charge in [0, 0.05) is 21.2 Å². The summed E-state index contributed by atoms with van der Waals surface area (Å²) in [5, 5.41) is 7.22. The third-order valence-corrected chi connectivity index (χ3v) is 8.66. The van der Waals surface area contributed by atoms with E-state index in [1.54, 1.807) is 17.7 Å². The lowest BCUT2D eigenvalue weighted by atomic mass is 9.97. The number of carbonyl (C=O) groups excluding carboxylic acids is 2. The summed E-state index contributed by atoms with van der Waals surface area (Å²) >= 11 is 4.48. The first kappa shape index (κ1) is 22.1. The van der Waals surface area contributed by atoms with Crippen molar-refractivity contribution in [3.63, 3.8) is 0 Å². The minimum atomic E-state index is -0.472. The number of aromatic nitrogens is 2. The number of carbonyl (C=O) groups is 2. The number of hydrogen-bond donors (Lipinski definition) is 1. The molecule has 3 heterocycles. The molecule has 0 unspecified atom stereocenters. The van der Waals surface area contributed by atoms with Gasteiger partial charge in [0.05, 0.1) is 12.9 Å². The molecule has 1 aliphatic rings. The van der Waals surface area contributed by atoms with Crippen LogP contribution in [0.5, 0.6) is 0 Å². The molecule has 3 aromatic heterocycles. The van der Waals surface area contributed by atoms with Crippen LogP contribution < -0.4 is 5.32 Å². The summed E-state index contributed by atoms with van der Waals surface area (Å²) in [7, 11) is 1.35. The molecule has 0 bridgehead atoms. The predicted molar refractivity (Wildman–Crippen MR) is 135 cm³/mol. The number of esters is 1. The van der Waals surface area contributed by atoms with E-state index in [-0.39, 0.29) is 11.7 Å². The van der Waals surface area contributed by atoms with Crippen LogP contribution in [0.2, 0.25) is 0 Å². The van der Waals surface area contributed by atoms with Gasteiger partial charge in [-0.05, 0) is 36.8 Å². The number of aryl methyl sites for hydroxylation is 2. The lowest BCUT2D eigenvalue weighted by molar-refractivity contribution is -0.113. The third-order valence-electron chi connectivity index (χ3n) is 5.57. The maximum absolute atomic E-state index is 12.8. The number of nitrogens with one attached hydrogen (secondary N) is 1. The van der Waals surface area contributed by atoms with Gasteiger partial charge in [-0.15, -0.1) is 22.7 Å². The normalized spacial score (nSPS) is 13.0. The predicted octanol–water partition coefficient (Wildman–Crippen LogP) is 5.82. The SMILES string of the molecule is COC(=O)c1c(-c2ccccc2)csc1NC(=O)CSc1ncnc2sc3c(c12)CCCC3. The van der Waals surface area contributed by atoms with Crippen molar-refractivity contribution in [3.05, 3.63) is 58.0 Å². The first-order chi connectivity index (χ1) is 16.2. The summed E-state index contributed by atoms with van der Waals surface area (Å²) in [6, 6.07) is 9.60. The molecule has 0 saturated heterocycles. The van der Waals surface area contributed by atoms with Crippen LogP contribution in [-0.4, -0.2) is 34.7 Å². The van der Waals surface area contributed by atoms with Crippen LogP contribution in [0.3, 0.4) is 0 Å².